The zero-order valence-corrected chi connectivity index (χ0v) is 8.80. The summed E-state index contributed by atoms with van der Waals surface area (Å²) in [4.78, 5) is 0. The zero-order valence-electron chi connectivity index (χ0n) is 8.80. The van der Waals surface area contributed by atoms with E-state index in [2.05, 4.69) is 47.9 Å². The second-order valence-electron chi connectivity index (χ2n) is 3.76. The van der Waals surface area contributed by atoms with Crippen LogP contribution in [0.4, 0.5) is 5.69 Å². The molecule has 78 valence electrons. The summed E-state index contributed by atoms with van der Waals surface area (Å²) in [5.74, 6) is 0. The Bertz CT molecular complexity index is 597. The summed E-state index contributed by atoms with van der Waals surface area (Å²) < 4.78 is 1.93. The Morgan fingerprint density at radius 2 is 1.50 bits per heavy atom. The van der Waals surface area contributed by atoms with Crippen LogP contribution in [-0.4, -0.2) is 4.68 Å². The van der Waals surface area contributed by atoms with Crippen molar-refractivity contribution < 1.29 is 0 Å². The van der Waals surface area contributed by atoms with Gasteiger partial charge < -0.3 is 0 Å². The van der Waals surface area contributed by atoms with E-state index in [-0.39, 0.29) is 0 Å². The first-order chi connectivity index (χ1) is 7.92. The van der Waals surface area contributed by atoms with Gasteiger partial charge in [0.25, 0.3) is 0 Å². The van der Waals surface area contributed by atoms with Crippen molar-refractivity contribution >= 4 is 16.5 Å². The number of aromatic nitrogens is 1. The van der Waals surface area contributed by atoms with E-state index in [0.717, 1.165) is 5.69 Å². The monoisotopic (exact) mass is 208 g/mol. The minimum atomic E-state index is 1.09. The van der Waals surface area contributed by atoms with Gasteiger partial charge in [-0.15, -0.1) is 0 Å². The highest BCUT2D eigenvalue weighted by molar-refractivity contribution is 5.85. The zero-order chi connectivity index (χ0) is 10.8. The third-order valence-corrected chi connectivity index (χ3v) is 2.61. The van der Waals surface area contributed by atoms with Crippen molar-refractivity contribution in [1.82, 2.24) is 4.68 Å². The number of fused-ring (bicyclic) bond motifs is 1. The van der Waals surface area contributed by atoms with Crippen molar-refractivity contribution in [3.8, 4) is 0 Å². The number of hydrogen-bond acceptors (Lipinski definition) is 1. The van der Waals surface area contributed by atoms with E-state index in [1.54, 1.807) is 0 Å². The van der Waals surface area contributed by atoms with Crippen LogP contribution >= 0.6 is 0 Å². The summed E-state index contributed by atoms with van der Waals surface area (Å²) in [5.41, 5.74) is 4.39. The molecule has 0 saturated heterocycles. The van der Waals surface area contributed by atoms with Gasteiger partial charge in [-0.1, -0.05) is 30.3 Å². The van der Waals surface area contributed by atoms with Crippen LogP contribution in [0.25, 0.3) is 10.8 Å². The van der Waals surface area contributed by atoms with E-state index in [4.69, 9.17) is 0 Å². The van der Waals surface area contributed by atoms with E-state index >= 15 is 0 Å². The molecule has 2 heteroatoms. The first-order valence-electron chi connectivity index (χ1n) is 5.31. The lowest BCUT2D eigenvalue weighted by Crippen LogP contribution is -2.05. The van der Waals surface area contributed by atoms with Crippen molar-refractivity contribution in [2.24, 2.45) is 0 Å². The fourth-order valence-corrected chi connectivity index (χ4v) is 1.82. The molecule has 0 aliphatic carbocycles. The maximum Gasteiger partial charge on any atom is 0.0552 e. The van der Waals surface area contributed by atoms with E-state index in [1.165, 1.54) is 10.8 Å². The van der Waals surface area contributed by atoms with Crippen molar-refractivity contribution in [3.63, 3.8) is 0 Å². The molecule has 2 nitrogen and oxygen atoms in total. The first kappa shape index (κ1) is 9.04. The highest BCUT2D eigenvalue weighted by Gasteiger charge is 1.95. The molecule has 0 bridgehead atoms. The van der Waals surface area contributed by atoms with Crippen LogP contribution in [0.1, 0.15) is 0 Å². The number of nitrogens with one attached hydrogen (secondary N) is 1. The highest BCUT2D eigenvalue weighted by atomic mass is 15.4. The summed E-state index contributed by atoms with van der Waals surface area (Å²) in [5, 5.41) is 2.51. The lowest BCUT2D eigenvalue weighted by molar-refractivity contribution is 0.972. The third-order valence-electron chi connectivity index (χ3n) is 2.61. The van der Waals surface area contributed by atoms with Gasteiger partial charge in [0.1, 0.15) is 0 Å². The molecule has 0 amide bonds. The van der Waals surface area contributed by atoms with Gasteiger partial charge in [0, 0.05) is 12.4 Å². The smallest absolute Gasteiger partial charge is 0.0552 e. The number of anilines is 1. The molecule has 0 atom stereocenters. The summed E-state index contributed by atoms with van der Waals surface area (Å²) >= 11 is 0. The van der Waals surface area contributed by atoms with Gasteiger partial charge in [-0.2, -0.15) is 0 Å². The first-order valence-corrected chi connectivity index (χ1v) is 5.31. The predicted octanol–water partition coefficient (Wildman–Crippen LogP) is 3.52. The average Bonchev–Trinajstić information content (AvgIpc) is 2.82. The molecule has 1 aromatic heterocycles. The summed E-state index contributed by atoms with van der Waals surface area (Å²) in [6.07, 6.45) is 3.96. The molecular weight excluding hydrogens is 196 g/mol. The minimum absolute atomic E-state index is 1.09. The second-order valence-corrected chi connectivity index (χ2v) is 3.76. The van der Waals surface area contributed by atoms with Crippen LogP contribution in [-0.2, 0) is 0 Å². The lowest BCUT2D eigenvalue weighted by atomic mass is 10.1. The Labute approximate surface area is 94.1 Å². The van der Waals surface area contributed by atoms with Crippen LogP contribution in [0.15, 0.2) is 67.0 Å². The molecule has 0 unspecified atom stereocenters. The van der Waals surface area contributed by atoms with Gasteiger partial charge in [0.2, 0.25) is 0 Å². The standard InChI is InChI=1S/C14H12N2/c1-2-6-13-11-14(8-7-12(13)5-1)15-16-9-3-4-10-16/h1-11,15H. The topological polar surface area (TPSA) is 17.0 Å². The molecule has 0 fully saturated rings. The van der Waals surface area contributed by atoms with E-state index in [9.17, 15) is 0 Å². The summed E-state index contributed by atoms with van der Waals surface area (Å²) in [7, 11) is 0. The molecule has 3 aromatic rings. The van der Waals surface area contributed by atoms with Crippen LogP contribution in [0.3, 0.4) is 0 Å². The van der Waals surface area contributed by atoms with E-state index < -0.39 is 0 Å². The number of benzene rings is 2. The average molecular weight is 208 g/mol. The number of hydrogen-bond donors (Lipinski definition) is 1. The minimum Gasteiger partial charge on any atom is -0.295 e. The van der Waals surface area contributed by atoms with Gasteiger partial charge in [-0.05, 0) is 35.0 Å². The highest BCUT2D eigenvalue weighted by Crippen LogP contribution is 2.18. The summed E-state index contributed by atoms with van der Waals surface area (Å²) in [6, 6.07) is 18.7. The number of rotatable bonds is 2. The lowest BCUT2D eigenvalue weighted by Gasteiger charge is -2.08. The Balaban J connectivity index is 1.99. The molecule has 0 aliphatic rings. The summed E-state index contributed by atoms with van der Waals surface area (Å²) in [6.45, 7) is 0. The third kappa shape index (κ3) is 1.65. The molecule has 3 rings (SSSR count). The maximum absolute atomic E-state index is 3.29. The van der Waals surface area contributed by atoms with Crippen molar-refractivity contribution in [2.75, 3.05) is 5.43 Å². The molecule has 1 N–H and O–H groups in total. The normalized spacial score (nSPS) is 10.5. The van der Waals surface area contributed by atoms with Gasteiger partial charge in [0.15, 0.2) is 0 Å². The number of nitrogens with zero attached hydrogens (tertiary/aromatic N) is 1. The fraction of sp³-hybridized carbons (Fsp3) is 0. The van der Waals surface area contributed by atoms with Crippen LogP contribution in [0.2, 0.25) is 0 Å². The molecule has 1 heterocycles. The van der Waals surface area contributed by atoms with Crippen LogP contribution < -0.4 is 5.43 Å². The van der Waals surface area contributed by atoms with Crippen molar-refractivity contribution in [3.05, 3.63) is 67.0 Å². The molecule has 0 saturated carbocycles. The van der Waals surface area contributed by atoms with Gasteiger partial charge in [-0.3, -0.25) is 10.1 Å². The van der Waals surface area contributed by atoms with Crippen molar-refractivity contribution in [2.45, 2.75) is 0 Å². The SMILES string of the molecule is c1ccc2cc(Nn3cccc3)ccc2c1. The molecule has 2 aromatic carbocycles. The van der Waals surface area contributed by atoms with Gasteiger partial charge >= 0.3 is 0 Å². The molecule has 16 heavy (non-hydrogen) atoms. The van der Waals surface area contributed by atoms with E-state index in [0.29, 0.717) is 0 Å². The quantitative estimate of drug-likeness (QED) is 0.681. The molecule has 0 radical (unpaired) electrons. The van der Waals surface area contributed by atoms with Crippen LogP contribution in [0.5, 0.6) is 0 Å². The Morgan fingerprint density at radius 3 is 2.31 bits per heavy atom. The van der Waals surface area contributed by atoms with Crippen LogP contribution in [0, 0.1) is 0 Å². The molecule has 0 spiro atoms. The van der Waals surface area contributed by atoms with Crippen molar-refractivity contribution in [1.29, 1.82) is 0 Å². The Kier molecular flexibility index (Phi) is 2.11. The predicted molar refractivity (Wildman–Crippen MR) is 67.4 cm³/mol. The maximum atomic E-state index is 3.29. The Hall–Kier alpha value is -2.22. The van der Waals surface area contributed by atoms with Gasteiger partial charge in [0.05, 0.1) is 5.69 Å². The largest absolute Gasteiger partial charge is 0.295 e. The molecular formula is C14H12N2. The van der Waals surface area contributed by atoms with Gasteiger partial charge in [-0.25, -0.2) is 0 Å². The Morgan fingerprint density at radius 1 is 0.750 bits per heavy atom. The fourth-order valence-electron chi connectivity index (χ4n) is 1.82. The van der Waals surface area contributed by atoms with E-state index in [1.807, 2.05) is 29.2 Å². The second kappa shape index (κ2) is 3.74. The molecule has 0 aliphatic heterocycles.